The van der Waals surface area contributed by atoms with E-state index in [-0.39, 0.29) is 30.3 Å². The summed E-state index contributed by atoms with van der Waals surface area (Å²) in [6.45, 7) is 6.88. The van der Waals surface area contributed by atoms with E-state index in [9.17, 15) is 4.79 Å². The molecular weight excluding hydrogens is 316 g/mol. The van der Waals surface area contributed by atoms with Crippen molar-refractivity contribution in [1.82, 2.24) is 14.9 Å². The number of aromatic nitrogens is 2. The Morgan fingerprint density at radius 1 is 1.43 bits per heavy atom. The zero-order chi connectivity index (χ0) is 15.9. The molecule has 1 aliphatic heterocycles. The number of rotatable bonds is 6. The second kappa shape index (κ2) is 9.80. The van der Waals surface area contributed by atoms with Gasteiger partial charge in [0.1, 0.15) is 6.33 Å². The van der Waals surface area contributed by atoms with Gasteiger partial charge in [0.15, 0.2) is 0 Å². The first-order chi connectivity index (χ1) is 10.6. The van der Waals surface area contributed by atoms with Crippen LogP contribution in [0.25, 0.3) is 0 Å². The van der Waals surface area contributed by atoms with Crippen molar-refractivity contribution in [3.63, 3.8) is 0 Å². The quantitative estimate of drug-likeness (QED) is 0.799. The average molecular weight is 343 g/mol. The molecule has 0 aromatic carbocycles. The zero-order valence-electron chi connectivity index (χ0n) is 13.9. The number of hydrogen-bond donors (Lipinski definition) is 1. The minimum atomic E-state index is 0. The van der Waals surface area contributed by atoms with E-state index in [4.69, 9.17) is 10.5 Å². The molecule has 1 aromatic rings. The van der Waals surface area contributed by atoms with Gasteiger partial charge in [-0.2, -0.15) is 0 Å². The summed E-state index contributed by atoms with van der Waals surface area (Å²) in [5, 5.41) is 0. The summed E-state index contributed by atoms with van der Waals surface area (Å²) in [4.78, 5) is 22.8. The van der Waals surface area contributed by atoms with Crippen molar-refractivity contribution in [2.24, 2.45) is 5.73 Å². The lowest BCUT2D eigenvalue weighted by atomic mass is 10.0. The summed E-state index contributed by atoms with van der Waals surface area (Å²) >= 11 is 0. The second-order valence-corrected chi connectivity index (χ2v) is 5.98. The molecule has 1 aromatic heterocycles. The highest BCUT2D eigenvalue weighted by Crippen LogP contribution is 2.20. The van der Waals surface area contributed by atoms with Gasteiger partial charge >= 0.3 is 0 Å². The van der Waals surface area contributed by atoms with Crippen LogP contribution in [0.3, 0.4) is 0 Å². The molecule has 1 saturated heterocycles. The number of nitrogens with two attached hydrogens (primary N) is 1. The fourth-order valence-corrected chi connectivity index (χ4v) is 2.69. The fraction of sp³-hybridized carbons (Fsp3) is 0.688. The van der Waals surface area contributed by atoms with Gasteiger partial charge in [0, 0.05) is 25.9 Å². The third kappa shape index (κ3) is 5.41. The number of nitrogens with zero attached hydrogens (tertiary/aromatic N) is 3. The number of carbonyl (C=O) groups excluding carboxylic acids is 1. The molecule has 1 amide bonds. The molecule has 6 nitrogen and oxygen atoms in total. The molecule has 1 aliphatic rings. The van der Waals surface area contributed by atoms with Crippen molar-refractivity contribution in [3.05, 3.63) is 23.8 Å². The monoisotopic (exact) mass is 342 g/mol. The number of ether oxygens (including phenoxy) is 1. The summed E-state index contributed by atoms with van der Waals surface area (Å²) < 4.78 is 5.78. The number of likely N-dealkylation sites (tertiary alicyclic amines) is 1. The van der Waals surface area contributed by atoms with Gasteiger partial charge in [-0.25, -0.2) is 9.97 Å². The predicted molar refractivity (Wildman–Crippen MR) is 91.9 cm³/mol. The maximum Gasteiger partial charge on any atom is 0.257 e. The van der Waals surface area contributed by atoms with Crippen LogP contribution in [0.5, 0.6) is 0 Å². The maximum absolute atomic E-state index is 12.7. The average Bonchev–Trinajstić information content (AvgIpc) is 2.55. The topological polar surface area (TPSA) is 81.3 Å². The largest absolute Gasteiger partial charge is 0.378 e. The van der Waals surface area contributed by atoms with Crippen molar-refractivity contribution in [2.45, 2.75) is 45.1 Å². The smallest absolute Gasteiger partial charge is 0.257 e. The molecule has 0 aliphatic carbocycles. The molecule has 2 rings (SSSR count). The summed E-state index contributed by atoms with van der Waals surface area (Å²) in [6.07, 6.45) is 6.02. The Morgan fingerprint density at radius 3 is 2.74 bits per heavy atom. The van der Waals surface area contributed by atoms with Gasteiger partial charge in [-0.15, -0.1) is 12.4 Å². The van der Waals surface area contributed by atoms with Gasteiger partial charge in [0.05, 0.1) is 17.4 Å². The molecule has 0 atom stereocenters. The van der Waals surface area contributed by atoms with Crippen LogP contribution in [0.1, 0.15) is 55.1 Å². The lowest BCUT2D eigenvalue weighted by molar-refractivity contribution is 0.00838. The highest BCUT2D eigenvalue weighted by atomic mass is 35.5. The summed E-state index contributed by atoms with van der Waals surface area (Å²) in [6, 6.07) is 0. The third-order valence-corrected chi connectivity index (χ3v) is 3.95. The Balaban J connectivity index is 0.00000264. The first kappa shape index (κ1) is 19.8. The highest BCUT2D eigenvalue weighted by molar-refractivity contribution is 5.95. The lowest BCUT2D eigenvalue weighted by Gasteiger charge is -2.32. The summed E-state index contributed by atoms with van der Waals surface area (Å²) in [5.74, 6) is 0.240. The van der Waals surface area contributed by atoms with Crippen LogP contribution >= 0.6 is 12.4 Å². The van der Waals surface area contributed by atoms with Crippen molar-refractivity contribution in [3.8, 4) is 0 Å². The van der Waals surface area contributed by atoms with Gasteiger partial charge < -0.3 is 15.4 Å². The molecule has 130 valence electrons. The van der Waals surface area contributed by atoms with Crippen LogP contribution < -0.4 is 5.73 Å². The zero-order valence-corrected chi connectivity index (χ0v) is 14.7. The molecule has 0 bridgehead atoms. The van der Waals surface area contributed by atoms with Gasteiger partial charge in [0.25, 0.3) is 5.91 Å². The number of halogens is 1. The Kier molecular flexibility index (Phi) is 8.44. The van der Waals surface area contributed by atoms with E-state index in [0.29, 0.717) is 18.7 Å². The predicted octanol–water partition coefficient (Wildman–Crippen LogP) is 1.99. The normalized spacial score (nSPS) is 15.6. The number of piperidine rings is 1. The molecule has 0 radical (unpaired) electrons. The van der Waals surface area contributed by atoms with Gasteiger partial charge in [0.2, 0.25) is 0 Å². The number of carbonyl (C=O) groups is 1. The third-order valence-electron chi connectivity index (χ3n) is 3.95. The Morgan fingerprint density at radius 2 is 2.13 bits per heavy atom. The van der Waals surface area contributed by atoms with Crippen molar-refractivity contribution in [1.29, 1.82) is 0 Å². The van der Waals surface area contributed by atoms with E-state index in [1.807, 2.05) is 18.7 Å². The van der Waals surface area contributed by atoms with E-state index in [2.05, 4.69) is 9.97 Å². The molecule has 2 N–H and O–H groups in total. The Hall–Kier alpha value is -1.24. The van der Waals surface area contributed by atoms with Crippen LogP contribution in [0.15, 0.2) is 12.5 Å². The molecule has 23 heavy (non-hydrogen) atoms. The van der Waals surface area contributed by atoms with Crippen LogP contribution in [-0.4, -0.2) is 53.1 Å². The standard InChI is InChI=1S/C16H26N4O2.ClH/c1-12(2)15-14(10-18-11-19-15)16(21)20-7-4-13(5-8-20)22-9-3-6-17;/h10-13H,3-9,17H2,1-2H3;1H. The molecular formula is C16H27ClN4O2. The first-order valence-electron chi connectivity index (χ1n) is 8.04. The maximum atomic E-state index is 12.7. The van der Waals surface area contributed by atoms with E-state index >= 15 is 0 Å². The van der Waals surface area contributed by atoms with E-state index < -0.39 is 0 Å². The lowest BCUT2D eigenvalue weighted by Crippen LogP contribution is -2.41. The fourth-order valence-electron chi connectivity index (χ4n) is 2.69. The van der Waals surface area contributed by atoms with E-state index in [1.54, 1.807) is 6.20 Å². The van der Waals surface area contributed by atoms with Crippen LogP contribution in [0, 0.1) is 0 Å². The van der Waals surface area contributed by atoms with Crippen LogP contribution in [-0.2, 0) is 4.74 Å². The van der Waals surface area contributed by atoms with E-state index in [0.717, 1.165) is 38.0 Å². The molecule has 1 fully saturated rings. The summed E-state index contributed by atoms with van der Waals surface area (Å²) in [5.41, 5.74) is 6.91. The van der Waals surface area contributed by atoms with E-state index in [1.165, 1.54) is 6.33 Å². The van der Waals surface area contributed by atoms with Gasteiger partial charge in [-0.05, 0) is 31.7 Å². The highest BCUT2D eigenvalue weighted by Gasteiger charge is 2.26. The summed E-state index contributed by atoms with van der Waals surface area (Å²) in [7, 11) is 0. The first-order valence-corrected chi connectivity index (χ1v) is 8.04. The number of hydrogen-bond acceptors (Lipinski definition) is 5. The van der Waals surface area contributed by atoms with Gasteiger partial charge in [-0.3, -0.25) is 4.79 Å². The molecule has 7 heteroatoms. The molecule has 0 unspecified atom stereocenters. The minimum absolute atomic E-state index is 0. The molecule has 2 heterocycles. The van der Waals surface area contributed by atoms with Crippen LogP contribution in [0.4, 0.5) is 0 Å². The van der Waals surface area contributed by atoms with Crippen molar-refractivity contribution >= 4 is 18.3 Å². The van der Waals surface area contributed by atoms with Gasteiger partial charge in [-0.1, -0.05) is 13.8 Å². The van der Waals surface area contributed by atoms with Crippen LogP contribution in [0.2, 0.25) is 0 Å². The second-order valence-electron chi connectivity index (χ2n) is 5.98. The SMILES string of the molecule is CC(C)c1ncncc1C(=O)N1CCC(OCCCN)CC1.Cl. The van der Waals surface area contributed by atoms with Crippen molar-refractivity contribution in [2.75, 3.05) is 26.2 Å². The number of amides is 1. The molecule has 0 saturated carbocycles. The molecule has 0 spiro atoms. The van der Waals surface area contributed by atoms with Crippen molar-refractivity contribution < 1.29 is 9.53 Å². The Bertz CT molecular complexity index is 491. The minimum Gasteiger partial charge on any atom is -0.378 e. The Labute approximate surface area is 144 Å².